The lowest BCUT2D eigenvalue weighted by Gasteiger charge is -2.20. The number of thiophene rings is 1. The van der Waals surface area contributed by atoms with Crippen LogP contribution in [-0.2, 0) is 11.3 Å². The number of nitrogens with one attached hydrogen (secondary N) is 1. The predicted molar refractivity (Wildman–Crippen MR) is 155 cm³/mol. The highest BCUT2D eigenvalue weighted by atomic mass is 32.1. The van der Waals surface area contributed by atoms with Gasteiger partial charge in [0.25, 0.3) is 5.91 Å². The van der Waals surface area contributed by atoms with E-state index in [0.29, 0.717) is 22.4 Å². The number of benzene rings is 2. The standard InChI is InChI=1S/C31H33FN2O5S/c1-19(2)29-28(31(39)33-23-6-4-3-5-7-23)27(21-13-15-40-18-21)30(20-8-10-22(32)11-9-20)34(29)14-12-24(35)16-25(36)17-26(37)38/h3-11,13,15,18-19,24-25,35-36H,12,14,16-17H2,1-2H3,(H,33,39)(H,37,38)/t24-,25-/m1/s1. The van der Waals surface area contributed by atoms with Crippen molar-refractivity contribution in [2.45, 2.75) is 57.8 Å². The van der Waals surface area contributed by atoms with E-state index in [2.05, 4.69) is 5.32 Å². The molecule has 0 aliphatic rings. The number of amides is 1. The molecule has 0 saturated carbocycles. The third-order valence-electron chi connectivity index (χ3n) is 6.68. The van der Waals surface area contributed by atoms with Gasteiger partial charge in [-0.2, -0.15) is 11.3 Å². The van der Waals surface area contributed by atoms with E-state index >= 15 is 0 Å². The van der Waals surface area contributed by atoms with Crippen LogP contribution in [0.1, 0.15) is 55.1 Å². The Balaban J connectivity index is 1.86. The van der Waals surface area contributed by atoms with Crippen LogP contribution in [0, 0.1) is 5.82 Å². The number of rotatable bonds is 12. The van der Waals surface area contributed by atoms with E-state index in [1.54, 1.807) is 12.1 Å². The number of hydrogen-bond donors (Lipinski definition) is 4. The SMILES string of the molecule is CC(C)c1c(C(=O)Nc2ccccc2)c(-c2ccsc2)c(-c2ccc(F)cc2)n1CC[C@@H](O)C[C@@H](O)CC(=O)O. The fourth-order valence-corrected chi connectivity index (χ4v) is 5.65. The molecule has 0 aliphatic carbocycles. The zero-order chi connectivity index (χ0) is 28.8. The molecule has 0 fully saturated rings. The number of carbonyl (C=O) groups is 2. The summed E-state index contributed by atoms with van der Waals surface area (Å²) in [6.45, 7) is 4.27. The number of carboxylic acid groups (broad SMARTS) is 1. The van der Waals surface area contributed by atoms with Crippen molar-refractivity contribution in [1.82, 2.24) is 4.57 Å². The molecule has 2 aromatic heterocycles. The van der Waals surface area contributed by atoms with Crippen LogP contribution in [-0.4, -0.2) is 44.0 Å². The van der Waals surface area contributed by atoms with Crippen molar-refractivity contribution in [1.29, 1.82) is 0 Å². The van der Waals surface area contributed by atoms with Crippen LogP contribution >= 0.6 is 11.3 Å². The Labute approximate surface area is 236 Å². The Bertz CT molecular complexity index is 1430. The summed E-state index contributed by atoms with van der Waals surface area (Å²) in [5.74, 6) is -1.90. The minimum absolute atomic E-state index is 0.0881. The highest BCUT2D eigenvalue weighted by molar-refractivity contribution is 7.08. The van der Waals surface area contributed by atoms with E-state index in [0.717, 1.165) is 17.0 Å². The lowest BCUT2D eigenvalue weighted by atomic mass is 9.96. The van der Waals surface area contributed by atoms with E-state index in [1.165, 1.54) is 23.5 Å². The minimum atomic E-state index is -1.17. The maximum atomic E-state index is 14.0. The average molecular weight is 565 g/mol. The Morgan fingerprint density at radius 3 is 2.27 bits per heavy atom. The molecular formula is C31H33FN2O5S. The van der Waals surface area contributed by atoms with Crippen LogP contribution < -0.4 is 5.32 Å². The molecule has 2 heterocycles. The van der Waals surface area contributed by atoms with Crippen LogP contribution in [0.5, 0.6) is 0 Å². The topological polar surface area (TPSA) is 112 Å². The molecule has 0 unspecified atom stereocenters. The average Bonchev–Trinajstić information content (AvgIpc) is 3.54. The van der Waals surface area contributed by atoms with Gasteiger partial charge in [-0.05, 0) is 83.1 Å². The van der Waals surface area contributed by atoms with Crippen LogP contribution in [0.15, 0.2) is 71.4 Å². The summed E-state index contributed by atoms with van der Waals surface area (Å²) in [6, 6.07) is 17.2. The molecular weight excluding hydrogens is 531 g/mol. The maximum Gasteiger partial charge on any atom is 0.305 e. The van der Waals surface area contributed by atoms with Crippen LogP contribution in [0.25, 0.3) is 22.4 Å². The predicted octanol–water partition coefficient (Wildman–Crippen LogP) is 6.38. The van der Waals surface area contributed by atoms with Crippen molar-refractivity contribution in [2.75, 3.05) is 5.32 Å². The first kappa shape index (κ1) is 29.2. The van der Waals surface area contributed by atoms with Gasteiger partial charge in [0.1, 0.15) is 5.82 Å². The molecule has 40 heavy (non-hydrogen) atoms. The number of halogens is 1. The van der Waals surface area contributed by atoms with Gasteiger partial charge < -0.3 is 25.2 Å². The lowest BCUT2D eigenvalue weighted by Crippen LogP contribution is -2.22. The second-order valence-electron chi connectivity index (χ2n) is 10.1. The third kappa shape index (κ3) is 6.85. The number of anilines is 1. The maximum absolute atomic E-state index is 14.0. The minimum Gasteiger partial charge on any atom is -0.481 e. The number of para-hydroxylation sites is 1. The number of aliphatic hydroxyl groups excluding tert-OH is 2. The number of aliphatic hydroxyl groups is 2. The first-order chi connectivity index (χ1) is 19.2. The van der Waals surface area contributed by atoms with Gasteiger partial charge >= 0.3 is 5.97 Å². The zero-order valence-corrected chi connectivity index (χ0v) is 23.2. The summed E-state index contributed by atoms with van der Waals surface area (Å²) >= 11 is 1.50. The van der Waals surface area contributed by atoms with Gasteiger partial charge in [-0.15, -0.1) is 0 Å². The molecule has 210 valence electrons. The molecule has 2 aromatic carbocycles. The Hall–Kier alpha value is -3.79. The van der Waals surface area contributed by atoms with Gasteiger partial charge in [0.15, 0.2) is 0 Å². The first-order valence-corrected chi connectivity index (χ1v) is 14.1. The summed E-state index contributed by atoms with van der Waals surface area (Å²) in [7, 11) is 0. The Morgan fingerprint density at radius 1 is 0.975 bits per heavy atom. The molecule has 0 saturated heterocycles. The molecule has 2 atom stereocenters. The molecule has 0 spiro atoms. The fourth-order valence-electron chi connectivity index (χ4n) is 5.01. The monoisotopic (exact) mass is 564 g/mol. The van der Waals surface area contributed by atoms with Gasteiger partial charge in [-0.25, -0.2) is 4.39 Å². The summed E-state index contributed by atoms with van der Waals surface area (Å²) in [6.07, 6.45) is -2.47. The molecule has 4 N–H and O–H groups in total. The van der Waals surface area contributed by atoms with Crippen molar-refractivity contribution in [3.05, 3.63) is 88.5 Å². The van der Waals surface area contributed by atoms with Gasteiger partial charge in [-0.3, -0.25) is 9.59 Å². The van der Waals surface area contributed by atoms with Gasteiger partial charge in [0.05, 0.1) is 29.9 Å². The van der Waals surface area contributed by atoms with Gasteiger partial charge in [0.2, 0.25) is 0 Å². The Morgan fingerprint density at radius 2 is 1.68 bits per heavy atom. The molecule has 4 rings (SSSR count). The van der Waals surface area contributed by atoms with Gasteiger partial charge in [-0.1, -0.05) is 32.0 Å². The molecule has 1 amide bonds. The van der Waals surface area contributed by atoms with Crippen molar-refractivity contribution < 1.29 is 29.3 Å². The van der Waals surface area contributed by atoms with Crippen LogP contribution in [0.3, 0.4) is 0 Å². The van der Waals surface area contributed by atoms with Gasteiger partial charge in [0, 0.05) is 23.5 Å². The van der Waals surface area contributed by atoms with Crippen LogP contribution in [0.4, 0.5) is 10.1 Å². The molecule has 9 heteroatoms. The molecule has 0 bridgehead atoms. The van der Waals surface area contributed by atoms with Crippen LogP contribution in [0.2, 0.25) is 0 Å². The number of nitrogens with zero attached hydrogens (tertiary/aromatic N) is 1. The quantitative estimate of drug-likeness (QED) is 0.160. The highest BCUT2D eigenvalue weighted by Gasteiger charge is 2.31. The number of carboxylic acids is 1. The van der Waals surface area contributed by atoms with E-state index in [1.807, 2.05) is 65.6 Å². The van der Waals surface area contributed by atoms with Crippen molar-refractivity contribution in [3.63, 3.8) is 0 Å². The van der Waals surface area contributed by atoms with Crippen molar-refractivity contribution in [2.24, 2.45) is 0 Å². The zero-order valence-electron chi connectivity index (χ0n) is 22.4. The van der Waals surface area contributed by atoms with Crippen molar-refractivity contribution >= 4 is 28.9 Å². The molecule has 0 radical (unpaired) electrons. The molecule has 4 aromatic rings. The smallest absolute Gasteiger partial charge is 0.305 e. The number of carbonyl (C=O) groups excluding carboxylic acids is 1. The van der Waals surface area contributed by atoms with E-state index < -0.39 is 24.6 Å². The summed E-state index contributed by atoms with van der Waals surface area (Å²) < 4.78 is 16.0. The van der Waals surface area contributed by atoms with E-state index in [-0.39, 0.29) is 37.0 Å². The molecule has 7 nitrogen and oxygen atoms in total. The first-order valence-electron chi connectivity index (χ1n) is 13.1. The lowest BCUT2D eigenvalue weighted by molar-refractivity contribution is -0.139. The highest BCUT2D eigenvalue weighted by Crippen LogP contribution is 2.43. The second kappa shape index (κ2) is 13.0. The summed E-state index contributed by atoms with van der Waals surface area (Å²) in [4.78, 5) is 24.9. The van der Waals surface area contributed by atoms with E-state index in [4.69, 9.17) is 5.11 Å². The Kier molecular flexibility index (Phi) is 9.52. The number of aromatic nitrogens is 1. The van der Waals surface area contributed by atoms with E-state index in [9.17, 15) is 24.2 Å². The van der Waals surface area contributed by atoms with Crippen molar-refractivity contribution in [3.8, 4) is 22.4 Å². The molecule has 0 aliphatic heterocycles. The third-order valence-corrected chi connectivity index (χ3v) is 7.36. The normalized spacial score (nSPS) is 12.8. The number of aliphatic carboxylic acids is 1. The number of hydrogen-bond acceptors (Lipinski definition) is 5. The summed E-state index contributed by atoms with van der Waals surface area (Å²) in [5.41, 5.74) is 4.90. The second-order valence-corrected chi connectivity index (χ2v) is 10.8. The fraction of sp³-hybridized carbons (Fsp3) is 0.290. The largest absolute Gasteiger partial charge is 0.481 e. The summed E-state index contributed by atoms with van der Waals surface area (Å²) in [5, 5.41) is 36.6.